The van der Waals surface area contributed by atoms with Crippen LogP contribution < -0.4 is 4.90 Å². The van der Waals surface area contributed by atoms with E-state index in [4.69, 9.17) is 5.11 Å². The third-order valence-corrected chi connectivity index (χ3v) is 5.58. The molecule has 0 spiro atoms. The van der Waals surface area contributed by atoms with E-state index in [1.807, 2.05) is 17.3 Å². The number of hydrogen-bond donors (Lipinski definition) is 2. The standard InChI is InChI=1S/C17H22N4O2/c1-20(15-3-5-19-17-14(15)2-4-18-17)13-6-11-8-21(16(23)10-22)9-12(11)7-13/h2-5,11-13,22H,6-10H2,1H3,(H,18,19)/t11-,12?,13?/m1/s1. The SMILES string of the molecule is CN(c1ccnc2[nH]ccc12)C1CC2CN(C(=O)CO)C[C@H]2C1. The molecular formula is C17H22N4O2. The lowest BCUT2D eigenvalue weighted by Crippen LogP contribution is -2.35. The lowest BCUT2D eigenvalue weighted by atomic mass is 10.0. The van der Waals surface area contributed by atoms with Crippen LogP contribution in [-0.2, 0) is 4.79 Å². The number of nitrogens with zero attached hydrogens (tertiary/aromatic N) is 3. The summed E-state index contributed by atoms with van der Waals surface area (Å²) in [7, 11) is 2.16. The van der Waals surface area contributed by atoms with Crippen LogP contribution in [0.15, 0.2) is 24.5 Å². The van der Waals surface area contributed by atoms with Gasteiger partial charge in [-0.05, 0) is 36.8 Å². The predicted octanol–water partition coefficient (Wildman–Crippen LogP) is 1.23. The molecule has 23 heavy (non-hydrogen) atoms. The van der Waals surface area contributed by atoms with Crippen molar-refractivity contribution in [3.8, 4) is 0 Å². The number of pyridine rings is 1. The number of carbonyl (C=O) groups excluding carboxylic acids is 1. The summed E-state index contributed by atoms with van der Waals surface area (Å²) in [5, 5.41) is 10.2. The zero-order valence-electron chi connectivity index (χ0n) is 13.3. The molecule has 0 bridgehead atoms. The first-order valence-corrected chi connectivity index (χ1v) is 8.21. The number of likely N-dealkylation sites (tertiary alicyclic amines) is 1. The smallest absolute Gasteiger partial charge is 0.248 e. The number of nitrogens with one attached hydrogen (secondary N) is 1. The molecular weight excluding hydrogens is 292 g/mol. The van der Waals surface area contributed by atoms with Gasteiger partial charge in [-0.1, -0.05) is 0 Å². The van der Waals surface area contributed by atoms with Gasteiger partial charge >= 0.3 is 0 Å². The van der Waals surface area contributed by atoms with Gasteiger partial charge in [-0.3, -0.25) is 4.79 Å². The molecule has 3 atom stereocenters. The van der Waals surface area contributed by atoms with Gasteiger partial charge in [-0.2, -0.15) is 0 Å². The van der Waals surface area contributed by atoms with Crippen LogP contribution >= 0.6 is 0 Å². The summed E-state index contributed by atoms with van der Waals surface area (Å²) < 4.78 is 0. The van der Waals surface area contributed by atoms with E-state index >= 15 is 0 Å². The van der Waals surface area contributed by atoms with Crippen molar-refractivity contribution >= 4 is 22.6 Å². The number of aliphatic hydroxyl groups excluding tert-OH is 1. The molecule has 2 aliphatic rings. The van der Waals surface area contributed by atoms with E-state index in [1.54, 1.807) is 0 Å². The molecule has 6 nitrogen and oxygen atoms in total. The molecule has 2 fully saturated rings. The van der Waals surface area contributed by atoms with Crippen molar-refractivity contribution in [1.82, 2.24) is 14.9 Å². The summed E-state index contributed by atoms with van der Waals surface area (Å²) in [6.07, 6.45) is 5.98. The fourth-order valence-electron chi connectivity index (χ4n) is 4.34. The molecule has 1 amide bonds. The Kier molecular flexibility index (Phi) is 3.49. The Labute approximate surface area is 135 Å². The number of hydrogen-bond acceptors (Lipinski definition) is 4. The van der Waals surface area contributed by atoms with Crippen LogP contribution in [0.2, 0.25) is 0 Å². The summed E-state index contributed by atoms with van der Waals surface area (Å²) in [6.45, 7) is 1.22. The molecule has 3 heterocycles. The maximum Gasteiger partial charge on any atom is 0.248 e. The van der Waals surface area contributed by atoms with Gasteiger partial charge < -0.3 is 19.9 Å². The van der Waals surface area contributed by atoms with Crippen molar-refractivity contribution in [1.29, 1.82) is 0 Å². The molecule has 6 heteroatoms. The van der Waals surface area contributed by atoms with E-state index in [0.29, 0.717) is 17.9 Å². The maximum absolute atomic E-state index is 11.7. The number of aromatic nitrogens is 2. The van der Waals surface area contributed by atoms with E-state index in [9.17, 15) is 4.79 Å². The number of H-pyrrole nitrogens is 1. The van der Waals surface area contributed by atoms with Gasteiger partial charge in [0, 0.05) is 49.6 Å². The monoisotopic (exact) mass is 314 g/mol. The largest absolute Gasteiger partial charge is 0.387 e. The van der Waals surface area contributed by atoms with Crippen LogP contribution in [0.4, 0.5) is 5.69 Å². The average Bonchev–Trinajstić information content (AvgIpc) is 3.26. The molecule has 1 saturated heterocycles. The summed E-state index contributed by atoms with van der Waals surface area (Å²) in [4.78, 5) is 23.4. The number of amides is 1. The molecule has 2 N–H and O–H groups in total. The van der Waals surface area contributed by atoms with Gasteiger partial charge in [0.2, 0.25) is 5.91 Å². The van der Waals surface area contributed by atoms with Gasteiger partial charge in [0.1, 0.15) is 12.3 Å². The Morgan fingerprint density at radius 1 is 1.39 bits per heavy atom. The molecule has 4 rings (SSSR count). The normalized spacial score (nSPS) is 26.7. The molecule has 122 valence electrons. The minimum absolute atomic E-state index is 0.132. The second-order valence-electron chi connectivity index (χ2n) is 6.78. The van der Waals surface area contributed by atoms with Gasteiger partial charge in [-0.25, -0.2) is 4.98 Å². The fraction of sp³-hybridized carbons (Fsp3) is 0.529. The number of aliphatic hydroxyl groups is 1. The summed E-state index contributed by atoms with van der Waals surface area (Å²) in [5.41, 5.74) is 2.14. The molecule has 2 unspecified atom stereocenters. The highest BCUT2D eigenvalue weighted by Crippen LogP contribution is 2.41. The van der Waals surface area contributed by atoms with Crippen molar-refractivity contribution in [3.05, 3.63) is 24.5 Å². The first-order valence-electron chi connectivity index (χ1n) is 8.21. The second-order valence-corrected chi connectivity index (χ2v) is 6.78. The van der Waals surface area contributed by atoms with Crippen molar-refractivity contribution < 1.29 is 9.90 Å². The zero-order chi connectivity index (χ0) is 16.0. The van der Waals surface area contributed by atoms with Crippen LogP contribution in [0.1, 0.15) is 12.8 Å². The molecule has 2 aromatic heterocycles. The molecule has 2 aromatic rings. The lowest BCUT2D eigenvalue weighted by molar-refractivity contribution is -0.133. The first-order chi connectivity index (χ1) is 11.2. The average molecular weight is 314 g/mol. The Hall–Kier alpha value is -2.08. The van der Waals surface area contributed by atoms with Crippen LogP contribution in [0, 0.1) is 11.8 Å². The van der Waals surface area contributed by atoms with E-state index in [2.05, 4.69) is 34.0 Å². The van der Waals surface area contributed by atoms with Crippen molar-refractivity contribution in [2.24, 2.45) is 11.8 Å². The van der Waals surface area contributed by atoms with Gasteiger partial charge in [0.25, 0.3) is 0 Å². The van der Waals surface area contributed by atoms with Crippen molar-refractivity contribution in [2.75, 3.05) is 31.6 Å². The van der Waals surface area contributed by atoms with E-state index in [1.165, 1.54) is 5.69 Å². The first kappa shape index (κ1) is 14.5. The highest BCUT2D eigenvalue weighted by Gasteiger charge is 2.43. The van der Waals surface area contributed by atoms with Gasteiger partial charge in [0.05, 0.1) is 0 Å². The lowest BCUT2D eigenvalue weighted by Gasteiger charge is -2.29. The second kappa shape index (κ2) is 5.53. The Morgan fingerprint density at radius 3 is 2.83 bits per heavy atom. The quantitative estimate of drug-likeness (QED) is 0.894. The van der Waals surface area contributed by atoms with E-state index < -0.39 is 0 Å². The Morgan fingerprint density at radius 2 is 2.13 bits per heavy atom. The van der Waals surface area contributed by atoms with Crippen molar-refractivity contribution in [2.45, 2.75) is 18.9 Å². The minimum Gasteiger partial charge on any atom is -0.387 e. The minimum atomic E-state index is -0.370. The molecule has 1 aliphatic carbocycles. The Bertz CT molecular complexity index is 714. The third-order valence-electron chi connectivity index (χ3n) is 5.58. The molecule has 0 aromatic carbocycles. The fourth-order valence-corrected chi connectivity index (χ4v) is 4.34. The number of aromatic amines is 1. The predicted molar refractivity (Wildman–Crippen MR) is 88.2 cm³/mol. The highest BCUT2D eigenvalue weighted by molar-refractivity contribution is 5.89. The van der Waals surface area contributed by atoms with Crippen LogP contribution in [0.3, 0.4) is 0 Å². The highest BCUT2D eigenvalue weighted by atomic mass is 16.3. The zero-order valence-corrected chi connectivity index (χ0v) is 13.3. The number of rotatable bonds is 3. The Balaban J connectivity index is 1.49. The molecule has 0 radical (unpaired) electrons. The summed E-state index contributed by atoms with van der Waals surface area (Å²) in [6, 6.07) is 4.65. The van der Waals surface area contributed by atoms with Crippen LogP contribution in [0.25, 0.3) is 11.0 Å². The van der Waals surface area contributed by atoms with E-state index in [0.717, 1.165) is 37.0 Å². The van der Waals surface area contributed by atoms with Crippen LogP contribution in [0.5, 0.6) is 0 Å². The third kappa shape index (κ3) is 2.37. The topological polar surface area (TPSA) is 72.5 Å². The molecule has 1 aliphatic heterocycles. The number of anilines is 1. The maximum atomic E-state index is 11.7. The van der Waals surface area contributed by atoms with Gasteiger partial charge in [0.15, 0.2) is 0 Å². The summed E-state index contributed by atoms with van der Waals surface area (Å²) in [5.74, 6) is 0.982. The number of carbonyl (C=O) groups is 1. The number of fused-ring (bicyclic) bond motifs is 2. The van der Waals surface area contributed by atoms with Crippen molar-refractivity contribution in [3.63, 3.8) is 0 Å². The van der Waals surface area contributed by atoms with Crippen LogP contribution in [-0.4, -0.2) is 58.7 Å². The van der Waals surface area contributed by atoms with E-state index in [-0.39, 0.29) is 12.5 Å². The van der Waals surface area contributed by atoms with Gasteiger partial charge in [-0.15, -0.1) is 0 Å². The summed E-state index contributed by atoms with van der Waals surface area (Å²) >= 11 is 0. The molecule has 1 saturated carbocycles.